The van der Waals surface area contributed by atoms with Gasteiger partial charge in [-0.05, 0) is 36.0 Å². The standard InChI is InChI=1S/C18H21FO4/c1-11(16(20)22-4)8-14-15(18(14,2)3)17(21)23-10-12-6-5-7-13(19)9-12/h5-9,14-15H,10H2,1-4H3/b11-8+/t14?,15-/m0/s1. The molecule has 0 bridgehead atoms. The second-order valence-electron chi connectivity index (χ2n) is 6.40. The summed E-state index contributed by atoms with van der Waals surface area (Å²) < 4.78 is 23.1. The summed E-state index contributed by atoms with van der Waals surface area (Å²) in [5.74, 6) is -1.48. The monoisotopic (exact) mass is 320 g/mol. The summed E-state index contributed by atoms with van der Waals surface area (Å²) in [6.45, 7) is 5.60. The van der Waals surface area contributed by atoms with E-state index in [0.29, 0.717) is 11.1 Å². The molecule has 1 aliphatic carbocycles. The number of benzene rings is 1. The zero-order valence-electron chi connectivity index (χ0n) is 13.8. The lowest BCUT2D eigenvalue weighted by Crippen LogP contribution is -2.10. The molecular formula is C18H21FO4. The smallest absolute Gasteiger partial charge is 0.333 e. The fraction of sp³-hybridized carbons (Fsp3) is 0.444. The molecule has 1 unspecified atom stereocenters. The van der Waals surface area contributed by atoms with E-state index in [2.05, 4.69) is 4.74 Å². The minimum Gasteiger partial charge on any atom is -0.466 e. The van der Waals surface area contributed by atoms with Crippen LogP contribution in [-0.2, 0) is 25.7 Å². The van der Waals surface area contributed by atoms with Crippen molar-refractivity contribution >= 4 is 11.9 Å². The number of hydrogen-bond acceptors (Lipinski definition) is 4. The molecular weight excluding hydrogens is 299 g/mol. The third-order valence-electron chi connectivity index (χ3n) is 4.37. The molecule has 0 amide bonds. The number of allylic oxidation sites excluding steroid dienone is 1. The van der Waals surface area contributed by atoms with Gasteiger partial charge < -0.3 is 9.47 Å². The van der Waals surface area contributed by atoms with E-state index in [1.807, 2.05) is 13.8 Å². The minimum absolute atomic E-state index is 0.0373. The molecule has 0 saturated heterocycles. The Kier molecular flexibility index (Phi) is 4.88. The van der Waals surface area contributed by atoms with Crippen molar-refractivity contribution in [2.75, 3.05) is 7.11 Å². The van der Waals surface area contributed by atoms with Crippen LogP contribution in [0, 0.1) is 23.1 Å². The maximum absolute atomic E-state index is 13.1. The van der Waals surface area contributed by atoms with E-state index in [-0.39, 0.29) is 35.6 Å². The summed E-state index contributed by atoms with van der Waals surface area (Å²) in [6, 6.07) is 5.95. The van der Waals surface area contributed by atoms with Crippen LogP contribution >= 0.6 is 0 Å². The molecule has 5 heteroatoms. The van der Waals surface area contributed by atoms with Crippen LogP contribution in [0.4, 0.5) is 4.39 Å². The molecule has 0 aromatic heterocycles. The number of hydrogen-bond donors (Lipinski definition) is 0. The van der Waals surface area contributed by atoms with Crippen LogP contribution < -0.4 is 0 Å². The lowest BCUT2D eigenvalue weighted by atomic mass is 10.1. The zero-order valence-corrected chi connectivity index (χ0v) is 13.8. The first-order valence-corrected chi connectivity index (χ1v) is 7.45. The Morgan fingerprint density at radius 3 is 2.65 bits per heavy atom. The first kappa shape index (κ1) is 17.2. The van der Waals surface area contributed by atoms with Gasteiger partial charge in [0.25, 0.3) is 0 Å². The van der Waals surface area contributed by atoms with Gasteiger partial charge in [0.1, 0.15) is 12.4 Å². The Labute approximate surface area is 135 Å². The van der Waals surface area contributed by atoms with Gasteiger partial charge in [-0.2, -0.15) is 0 Å². The van der Waals surface area contributed by atoms with Crippen LogP contribution in [0.5, 0.6) is 0 Å². The van der Waals surface area contributed by atoms with Gasteiger partial charge in [-0.3, -0.25) is 4.79 Å². The molecule has 0 aliphatic heterocycles. The lowest BCUT2D eigenvalue weighted by molar-refractivity contribution is -0.147. The van der Waals surface area contributed by atoms with Gasteiger partial charge in [0.05, 0.1) is 13.0 Å². The van der Waals surface area contributed by atoms with E-state index in [0.717, 1.165) is 0 Å². The molecule has 2 atom stereocenters. The Morgan fingerprint density at radius 2 is 2.04 bits per heavy atom. The predicted octanol–water partition coefficient (Wildman–Crippen LogP) is 3.26. The van der Waals surface area contributed by atoms with Crippen LogP contribution in [0.3, 0.4) is 0 Å². The molecule has 124 valence electrons. The van der Waals surface area contributed by atoms with Gasteiger partial charge in [-0.1, -0.05) is 32.1 Å². The van der Waals surface area contributed by atoms with Crippen molar-refractivity contribution in [2.45, 2.75) is 27.4 Å². The number of halogens is 1. The molecule has 1 aliphatic rings. The highest BCUT2D eigenvalue weighted by Crippen LogP contribution is 2.59. The number of esters is 2. The highest BCUT2D eigenvalue weighted by Gasteiger charge is 2.61. The highest BCUT2D eigenvalue weighted by molar-refractivity contribution is 5.88. The largest absolute Gasteiger partial charge is 0.466 e. The van der Waals surface area contributed by atoms with E-state index in [1.54, 1.807) is 25.1 Å². The summed E-state index contributed by atoms with van der Waals surface area (Å²) in [5, 5.41) is 0. The Hall–Kier alpha value is -2.17. The van der Waals surface area contributed by atoms with Crippen molar-refractivity contribution in [1.82, 2.24) is 0 Å². The van der Waals surface area contributed by atoms with Crippen LogP contribution in [0.25, 0.3) is 0 Å². The third-order valence-corrected chi connectivity index (χ3v) is 4.37. The molecule has 0 heterocycles. The Balaban J connectivity index is 1.98. The maximum atomic E-state index is 13.1. The second kappa shape index (κ2) is 6.52. The number of methoxy groups -OCH3 is 1. The van der Waals surface area contributed by atoms with Gasteiger partial charge >= 0.3 is 11.9 Å². The molecule has 4 nitrogen and oxygen atoms in total. The summed E-state index contributed by atoms with van der Waals surface area (Å²) >= 11 is 0. The molecule has 1 aromatic carbocycles. The van der Waals surface area contributed by atoms with E-state index in [1.165, 1.54) is 19.2 Å². The average Bonchev–Trinajstić information content (AvgIpc) is 3.04. The van der Waals surface area contributed by atoms with Gasteiger partial charge in [0.15, 0.2) is 0 Å². The lowest BCUT2D eigenvalue weighted by Gasteiger charge is -2.06. The first-order chi connectivity index (χ1) is 10.8. The van der Waals surface area contributed by atoms with Crippen LogP contribution in [-0.4, -0.2) is 19.0 Å². The molecule has 1 aromatic rings. The summed E-state index contributed by atoms with van der Waals surface area (Å²) in [5.41, 5.74) is 0.814. The van der Waals surface area contributed by atoms with Crippen molar-refractivity contribution in [3.63, 3.8) is 0 Å². The van der Waals surface area contributed by atoms with Crippen molar-refractivity contribution in [1.29, 1.82) is 0 Å². The van der Waals surface area contributed by atoms with Crippen molar-refractivity contribution in [2.24, 2.45) is 17.3 Å². The SMILES string of the molecule is COC(=O)/C(C)=C/C1[C@@H](C(=O)OCc2cccc(F)c2)C1(C)C. The molecule has 1 fully saturated rings. The van der Waals surface area contributed by atoms with E-state index < -0.39 is 5.97 Å². The van der Waals surface area contributed by atoms with Crippen molar-refractivity contribution < 1.29 is 23.5 Å². The molecule has 0 radical (unpaired) electrons. The molecule has 2 rings (SSSR count). The van der Waals surface area contributed by atoms with Crippen molar-refractivity contribution in [3.05, 3.63) is 47.3 Å². The van der Waals surface area contributed by atoms with Gasteiger partial charge in [-0.25, -0.2) is 9.18 Å². The van der Waals surface area contributed by atoms with Gasteiger partial charge in [0, 0.05) is 5.57 Å². The van der Waals surface area contributed by atoms with Crippen LogP contribution in [0.15, 0.2) is 35.9 Å². The fourth-order valence-corrected chi connectivity index (χ4v) is 2.81. The maximum Gasteiger partial charge on any atom is 0.333 e. The van der Waals surface area contributed by atoms with Gasteiger partial charge in [0.2, 0.25) is 0 Å². The highest BCUT2D eigenvalue weighted by atomic mass is 19.1. The molecule has 0 N–H and O–H groups in total. The van der Waals surface area contributed by atoms with Crippen LogP contribution in [0.2, 0.25) is 0 Å². The van der Waals surface area contributed by atoms with E-state index in [4.69, 9.17) is 4.74 Å². The number of carbonyl (C=O) groups is 2. The predicted molar refractivity (Wildman–Crippen MR) is 82.7 cm³/mol. The first-order valence-electron chi connectivity index (χ1n) is 7.45. The summed E-state index contributed by atoms with van der Waals surface area (Å²) in [6.07, 6.45) is 1.76. The Morgan fingerprint density at radius 1 is 1.35 bits per heavy atom. The number of ether oxygens (including phenoxy) is 2. The molecule has 1 saturated carbocycles. The summed E-state index contributed by atoms with van der Waals surface area (Å²) in [4.78, 5) is 23.7. The quantitative estimate of drug-likeness (QED) is 0.617. The van der Waals surface area contributed by atoms with E-state index >= 15 is 0 Å². The number of carbonyl (C=O) groups excluding carboxylic acids is 2. The summed E-state index contributed by atoms with van der Waals surface area (Å²) in [7, 11) is 1.32. The number of rotatable bonds is 5. The topological polar surface area (TPSA) is 52.6 Å². The minimum atomic E-state index is -0.403. The zero-order chi connectivity index (χ0) is 17.2. The van der Waals surface area contributed by atoms with Gasteiger partial charge in [-0.15, -0.1) is 0 Å². The molecule has 0 spiro atoms. The normalized spacial score (nSPS) is 22.4. The molecule has 23 heavy (non-hydrogen) atoms. The average molecular weight is 320 g/mol. The third kappa shape index (κ3) is 3.78. The van der Waals surface area contributed by atoms with Crippen LogP contribution in [0.1, 0.15) is 26.3 Å². The Bertz CT molecular complexity index is 648. The van der Waals surface area contributed by atoms with Crippen molar-refractivity contribution in [3.8, 4) is 0 Å². The fourth-order valence-electron chi connectivity index (χ4n) is 2.81. The second-order valence-corrected chi connectivity index (χ2v) is 6.40. The van der Waals surface area contributed by atoms with E-state index in [9.17, 15) is 14.0 Å².